The highest BCUT2D eigenvalue weighted by Crippen LogP contribution is 2.63. The normalized spacial score (nSPS) is 22.9. The number of carbonyl (C=O) groups is 1. The first-order valence-corrected chi connectivity index (χ1v) is 9.00. The molecule has 0 aliphatic heterocycles. The molecule has 1 aromatic carbocycles. The van der Waals surface area contributed by atoms with Gasteiger partial charge in [0.15, 0.2) is 0 Å². The lowest BCUT2D eigenvalue weighted by atomic mass is 9.82. The molecule has 2 aliphatic carbocycles. The van der Waals surface area contributed by atoms with Gasteiger partial charge in [-0.2, -0.15) is 0 Å². The van der Waals surface area contributed by atoms with E-state index in [1.54, 1.807) is 12.3 Å². The molecule has 2 fully saturated rings. The van der Waals surface area contributed by atoms with E-state index in [-0.39, 0.29) is 43.4 Å². The molecule has 0 saturated heterocycles. The number of benzene rings is 1. The first kappa shape index (κ1) is 17.2. The molecule has 2 saturated carbocycles. The van der Waals surface area contributed by atoms with E-state index in [4.69, 9.17) is 9.47 Å². The number of ether oxygens (including phenoxy) is 2. The Morgan fingerprint density at radius 3 is 2.69 bits per heavy atom. The number of nitrogens with zero attached hydrogens (tertiary/aromatic N) is 1. The minimum absolute atomic E-state index is 0.116. The Morgan fingerprint density at radius 1 is 1.12 bits per heavy atom. The fourth-order valence-corrected chi connectivity index (χ4v) is 3.94. The summed E-state index contributed by atoms with van der Waals surface area (Å²) in [7, 11) is 0. The van der Waals surface area contributed by atoms with Crippen LogP contribution in [-0.4, -0.2) is 30.1 Å². The van der Waals surface area contributed by atoms with E-state index in [9.17, 15) is 13.6 Å². The standard InChI is InChI=1S/C20H21F2NO3/c21-20(22)8-6-19(7-9-20)13-15(19)18(24)26-12-11-25-17-5-10-23-16-4-2-1-3-14(16)17/h1-5,10,15H,6-9,11-13H2. The molecule has 0 radical (unpaired) electrons. The molecule has 1 aromatic heterocycles. The Balaban J connectivity index is 1.25. The van der Waals surface area contributed by atoms with Crippen molar-refractivity contribution in [2.24, 2.45) is 11.3 Å². The van der Waals surface area contributed by atoms with E-state index in [2.05, 4.69) is 4.98 Å². The fourth-order valence-electron chi connectivity index (χ4n) is 3.94. The molecule has 4 nitrogen and oxygen atoms in total. The third-order valence-corrected chi connectivity index (χ3v) is 5.65. The van der Waals surface area contributed by atoms with Crippen LogP contribution in [0.4, 0.5) is 8.78 Å². The fraction of sp³-hybridized carbons (Fsp3) is 0.500. The van der Waals surface area contributed by atoms with Crippen LogP contribution in [0.5, 0.6) is 5.75 Å². The summed E-state index contributed by atoms with van der Waals surface area (Å²) in [6.07, 6.45) is 2.96. The van der Waals surface area contributed by atoms with Crippen LogP contribution >= 0.6 is 0 Å². The summed E-state index contributed by atoms with van der Waals surface area (Å²) in [5, 5.41) is 0.908. The topological polar surface area (TPSA) is 48.4 Å². The summed E-state index contributed by atoms with van der Waals surface area (Å²) < 4.78 is 37.6. The van der Waals surface area contributed by atoms with E-state index in [1.165, 1.54) is 0 Å². The molecule has 0 bridgehead atoms. The third kappa shape index (κ3) is 3.37. The van der Waals surface area contributed by atoms with Gasteiger partial charge in [-0.15, -0.1) is 0 Å². The molecule has 1 heterocycles. The number of para-hydroxylation sites is 1. The van der Waals surface area contributed by atoms with E-state index in [0.717, 1.165) is 10.9 Å². The van der Waals surface area contributed by atoms with Crippen molar-refractivity contribution in [3.63, 3.8) is 0 Å². The summed E-state index contributed by atoms with van der Waals surface area (Å²) in [4.78, 5) is 16.5. The number of fused-ring (bicyclic) bond motifs is 1. The first-order chi connectivity index (χ1) is 12.5. The molecule has 1 unspecified atom stereocenters. The molecule has 0 N–H and O–H groups in total. The zero-order valence-corrected chi connectivity index (χ0v) is 14.4. The van der Waals surface area contributed by atoms with Gasteiger partial charge in [0.05, 0.1) is 11.4 Å². The molecule has 2 aromatic rings. The van der Waals surface area contributed by atoms with Crippen molar-refractivity contribution < 1.29 is 23.0 Å². The van der Waals surface area contributed by atoms with Gasteiger partial charge in [0.1, 0.15) is 19.0 Å². The summed E-state index contributed by atoms with van der Waals surface area (Å²) >= 11 is 0. The average molecular weight is 361 g/mol. The van der Waals surface area contributed by atoms with E-state index in [0.29, 0.717) is 25.0 Å². The van der Waals surface area contributed by atoms with Crippen LogP contribution in [-0.2, 0) is 9.53 Å². The van der Waals surface area contributed by atoms with Crippen LogP contribution in [0.1, 0.15) is 32.1 Å². The second-order valence-corrected chi connectivity index (χ2v) is 7.32. The van der Waals surface area contributed by atoms with Crippen LogP contribution in [0.15, 0.2) is 36.5 Å². The first-order valence-electron chi connectivity index (χ1n) is 9.00. The lowest BCUT2D eigenvalue weighted by molar-refractivity contribution is -0.147. The Hall–Kier alpha value is -2.24. The van der Waals surface area contributed by atoms with Crippen LogP contribution < -0.4 is 4.74 Å². The van der Waals surface area contributed by atoms with Crippen LogP contribution in [0.25, 0.3) is 10.9 Å². The molecule has 2 aliphatic rings. The quantitative estimate of drug-likeness (QED) is 0.586. The second-order valence-electron chi connectivity index (χ2n) is 7.32. The number of halogens is 2. The SMILES string of the molecule is O=C(OCCOc1ccnc2ccccc12)C1CC12CCC(F)(F)CC2. The van der Waals surface area contributed by atoms with Crippen LogP contribution in [0.2, 0.25) is 0 Å². The van der Waals surface area contributed by atoms with Gasteiger partial charge in [0, 0.05) is 24.4 Å². The van der Waals surface area contributed by atoms with Gasteiger partial charge >= 0.3 is 5.97 Å². The number of pyridine rings is 1. The minimum atomic E-state index is -2.57. The van der Waals surface area contributed by atoms with Crippen molar-refractivity contribution in [3.05, 3.63) is 36.5 Å². The van der Waals surface area contributed by atoms with Crippen molar-refractivity contribution in [1.82, 2.24) is 4.98 Å². The zero-order chi connectivity index (χ0) is 18.2. The number of hydrogen-bond donors (Lipinski definition) is 0. The van der Waals surface area contributed by atoms with Crippen molar-refractivity contribution in [3.8, 4) is 5.75 Å². The maximum atomic E-state index is 13.3. The molecule has 1 atom stereocenters. The van der Waals surface area contributed by atoms with E-state index >= 15 is 0 Å². The molecule has 138 valence electrons. The van der Waals surface area contributed by atoms with Gasteiger partial charge in [0.2, 0.25) is 5.92 Å². The third-order valence-electron chi connectivity index (χ3n) is 5.65. The molecule has 6 heteroatoms. The highest BCUT2D eigenvalue weighted by atomic mass is 19.3. The number of rotatable bonds is 5. The minimum Gasteiger partial charge on any atom is -0.489 e. The Morgan fingerprint density at radius 2 is 1.88 bits per heavy atom. The summed E-state index contributed by atoms with van der Waals surface area (Å²) in [5.41, 5.74) is 0.608. The maximum absolute atomic E-state index is 13.3. The Labute approximate surface area is 150 Å². The average Bonchev–Trinajstić information content (AvgIpc) is 3.36. The predicted molar refractivity (Wildman–Crippen MR) is 92.2 cm³/mol. The van der Waals surface area contributed by atoms with Crippen molar-refractivity contribution >= 4 is 16.9 Å². The lowest BCUT2D eigenvalue weighted by Gasteiger charge is -2.28. The molecule has 1 spiro atoms. The van der Waals surface area contributed by atoms with Gasteiger partial charge in [-0.1, -0.05) is 12.1 Å². The summed E-state index contributed by atoms with van der Waals surface area (Å²) in [6, 6.07) is 9.44. The Bertz CT molecular complexity index is 808. The number of alkyl halides is 2. The molecule has 4 rings (SSSR count). The smallest absolute Gasteiger partial charge is 0.309 e. The van der Waals surface area contributed by atoms with E-state index in [1.807, 2.05) is 24.3 Å². The molecule has 0 amide bonds. The van der Waals surface area contributed by atoms with E-state index < -0.39 is 5.92 Å². The number of esters is 1. The number of aromatic nitrogens is 1. The van der Waals surface area contributed by atoms with Crippen LogP contribution in [0, 0.1) is 11.3 Å². The molecule has 26 heavy (non-hydrogen) atoms. The summed E-state index contributed by atoms with van der Waals surface area (Å²) in [5.74, 6) is -2.37. The highest BCUT2D eigenvalue weighted by Gasteiger charge is 2.61. The van der Waals surface area contributed by atoms with Crippen molar-refractivity contribution in [1.29, 1.82) is 0 Å². The Kier molecular flexibility index (Phi) is 4.29. The molecular formula is C20H21F2NO3. The lowest BCUT2D eigenvalue weighted by Crippen LogP contribution is -2.28. The largest absolute Gasteiger partial charge is 0.489 e. The number of hydrogen-bond acceptors (Lipinski definition) is 4. The zero-order valence-electron chi connectivity index (χ0n) is 14.4. The van der Waals surface area contributed by atoms with Gasteiger partial charge in [0.25, 0.3) is 0 Å². The van der Waals surface area contributed by atoms with Gasteiger partial charge in [-0.25, -0.2) is 8.78 Å². The molecular weight excluding hydrogens is 340 g/mol. The van der Waals surface area contributed by atoms with Gasteiger partial charge in [-0.05, 0) is 42.9 Å². The van der Waals surface area contributed by atoms with Crippen molar-refractivity contribution in [2.45, 2.75) is 38.0 Å². The monoisotopic (exact) mass is 361 g/mol. The number of carbonyl (C=O) groups excluding carboxylic acids is 1. The predicted octanol–water partition coefficient (Wildman–Crippen LogP) is 4.37. The van der Waals surface area contributed by atoms with Gasteiger partial charge in [-0.3, -0.25) is 9.78 Å². The summed E-state index contributed by atoms with van der Waals surface area (Å²) in [6.45, 7) is 0.399. The maximum Gasteiger partial charge on any atom is 0.309 e. The van der Waals surface area contributed by atoms with Crippen molar-refractivity contribution in [2.75, 3.05) is 13.2 Å². The van der Waals surface area contributed by atoms with Gasteiger partial charge < -0.3 is 9.47 Å². The van der Waals surface area contributed by atoms with Crippen LogP contribution in [0.3, 0.4) is 0 Å². The highest BCUT2D eigenvalue weighted by molar-refractivity contribution is 5.84. The second kappa shape index (κ2) is 6.49.